The summed E-state index contributed by atoms with van der Waals surface area (Å²) in [7, 11) is 0. The molecule has 92 valence electrons. The van der Waals surface area contributed by atoms with Gasteiger partial charge in [0.1, 0.15) is 0 Å². The van der Waals surface area contributed by atoms with E-state index < -0.39 is 0 Å². The van der Waals surface area contributed by atoms with Crippen LogP contribution >= 0.6 is 0 Å². The Kier molecular flexibility index (Phi) is 2.74. The molecule has 2 aliphatic rings. The van der Waals surface area contributed by atoms with Crippen molar-refractivity contribution >= 4 is 0 Å². The average Bonchev–Trinajstić information content (AvgIpc) is 2.71. The van der Waals surface area contributed by atoms with Crippen LogP contribution in [0, 0.1) is 11.8 Å². The Balaban J connectivity index is 1.82. The standard InChI is InChI=1S/C16H22O/c1-12-11-17-15-10-16(2,9-8-14(12)15)13-6-4-3-5-7-13/h3-7,12,14-15H,8-11H2,1-2H3/t12?,14?,15?,16-/m1/s1. The SMILES string of the molecule is CC1COC2C[C@](C)(c3ccccc3)CCC12. The number of hydrogen-bond acceptors (Lipinski definition) is 1. The summed E-state index contributed by atoms with van der Waals surface area (Å²) in [4.78, 5) is 0. The van der Waals surface area contributed by atoms with E-state index in [0.29, 0.717) is 11.5 Å². The maximum absolute atomic E-state index is 5.99. The molecular weight excluding hydrogens is 208 g/mol. The van der Waals surface area contributed by atoms with Crippen LogP contribution in [0.2, 0.25) is 0 Å². The Hall–Kier alpha value is -0.820. The lowest BCUT2D eigenvalue weighted by Crippen LogP contribution is -2.37. The predicted molar refractivity (Wildman–Crippen MR) is 70.0 cm³/mol. The molecule has 1 aliphatic carbocycles. The fraction of sp³-hybridized carbons (Fsp3) is 0.625. The fourth-order valence-corrected chi connectivity index (χ4v) is 3.70. The number of fused-ring (bicyclic) bond motifs is 1. The molecule has 1 aromatic rings. The van der Waals surface area contributed by atoms with Crippen molar-refractivity contribution in [1.82, 2.24) is 0 Å². The third-order valence-electron chi connectivity index (χ3n) is 4.93. The summed E-state index contributed by atoms with van der Waals surface area (Å²) in [5.74, 6) is 1.58. The summed E-state index contributed by atoms with van der Waals surface area (Å²) >= 11 is 0. The summed E-state index contributed by atoms with van der Waals surface area (Å²) < 4.78 is 5.99. The number of hydrogen-bond donors (Lipinski definition) is 0. The lowest BCUT2D eigenvalue weighted by atomic mass is 9.65. The van der Waals surface area contributed by atoms with Crippen molar-refractivity contribution in [2.75, 3.05) is 6.61 Å². The molecule has 0 amide bonds. The van der Waals surface area contributed by atoms with E-state index in [-0.39, 0.29) is 0 Å². The molecule has 1 saturated heterocycles. The largest absolute Gasteiger partial charge is 0.378 e. The quantitative estimate of drug-likeness (QED) is 0.713. The van der Waals surface area contributed by atoms with E-state index in [1.54, 1.807) is 0 Å². The molecule has 17 heavy (non-hydrogen) atoms. The van der Waals surface area contributed by atoms with Crippen molar-refractivity contribution in [2.45, 2.75) is 44.6 Å². The maximum atomic E-state index is 5.99. The predicted octanol–water partition coefficient (Wildman–Crippen LogP) is 3.78. The Morgan fingerprint density at radius 1 is 1.24 bits per heavy atom. The summed E-state index contributed by atoms with van der Waals surface area (Å²) in [6, 6.07) is 11.0. The first-order chi connectivity index (χ1) is 8.19. The number of ether oxygens (including phenoxy) is 1. The Bertz CT molecular complexity index is 386. The van der Waals surface area contributed by atoms with Gasteiger partial charge in [-0.25, -0.2) is 0 Å². The zero-order valence-electron chi connectivity index (χ0n) is 10.9. The maximum Gasteiger partial charge on any atom is 0.0615 e. The van der Waals surface area contributed by atoms with Gasteiger partial charge in [-0.15, -0.1) is 0 Å². The lowest BCUT2D eigenvalue weighted by molar-refractivity contribution is 0.0387. The second-order valence-corrected chi connectivity index (χ2v) is 6.18. The zero-order valence-corrected chi connectivity index (χ0v) is 10.9. The summed E-state index contributed by atoms with van der Waals surface area (Å²) in [5.41, 5.74) is 1.81. The van der Waals surface area contributed by atoms with E-state index in [0.717, 1.165) is 18.4 Å². The molecule has 0 aromatic heterocycles. The molecule has 1 saturated carbocycles. The molecule has 0 spiro atoms. The van der Waals surface area contributed by atoms with Gasteiger partial charge >= 0.3 is 0 Å². The van der Waals surface area contributed by atoms with Gasteiger partial charge in [0.25, 0.3) is 0 Å². The molecule has 1 heteroatoms. The Morgan fingerprint density at radius 3 is 2.76 bits per heavy atom. The van der Waals surface area contributed by atoms with Gasteiger partial charge in [-0.3, -0.25) is 0 Å². The summed E-state index contributed by atoms with van der Waals surface area (Å²) in [5, 5.41) is 0. The molecule has 3 unspecified atom stereocenters. The van der Waals surface area contributed by atoms with Crippen molar-refractivity contribution in [3.05, 3.63) is 35.9 Å². The second-order valence-electron chi connectivity index (χ2n) is 6.18. The normalized spacial score (nSPS) is 41.2. The topological polar surface area (TPSA) is 9.23 Å². The van der Waals surface area contributed by atoms with Crippen LogP contribution in [0.1, 0.15) is 38.7 Å². The van der Waals surface area contributed by atoms with Crippen molar-refractivity contribution in [2.24, 2.45) is 11.8 Å². The van der Waals surface area contributed by atoms with E-state index in [1.807, 2.05) is 0 Å². The van der Waals surface area contributed by atoms with Gasteiger partial charge in [-0.2, -0.15) is 0 Å². The minimum atomic E-state index is 0.326. The minimum absolute atomic E-state index is 0.326. The van der Waals surface area contributed by atoms with E-state index in [4.69, 9.17) is 4.74 Å². The highest BCUT2D eigenvalue weighted by molar-refractivity contribution is 5.25. The van der Waals surface area contributed by atoms with Gasteiger partial charge < -0.3 is 4.74 Å². The minimum Gasteiger partial charge on any atom is -0.378 e. The first-order valence-corrected chi connectivity index (χ1v) is 6.86. The molecular formula is C16H22O. The Labute approximate surface area is 104 Å². The molecule has 4 atom stereocenters. The molecule has 3 rings (SSSR count). The van der Waals surface area contributed by atoms with Gasteiger partial charge in [-0.1, -0.05) is 44.2 Å². The highest BCUT2D eigenvalue weighted by Crippen LogP contribution is 2.47. The van der Waals surface area contributed by atoms with E-state index in [1.165, 1.54) is 24.8 Å². The zero-order chi connectivity index (χ0) is 11.9. The second kappa shape index (κ2) is 4.13. The van der Waals surface area contributed by atoms with Crippen LogP contribution in [0.15, 0.2) is 30.3 Å². The van der Waals surface area contributed by atoms with Crippen molar-refractivity contribution in [3.8, 4) is 0 Å². The van der Waals surface area contributed by atoms with Gasteiger partial charge in [0.15, 0.2) is 0 Å². The summed E-state index contributed by atoms with van der Waals surface area (Å²) in [6.07, 6.45) is 4.35. The number of rotatable bonds is 1. The van der Waals surface area contributed by atoms with Gasteiger partial charge in [0, 0.05) is 6.61 Å². The summed E-state index contributed by atoms with van der Waals surface area (Å²) in [6.45, 7) is 5.72. The van der Waals surface area contributed by atoms with Crippen LogP contribution in [0.3, 0.4) is 0 Å². The third-order valence-corrected chi connectivity index (χ3v) is 4.93. The monoisotopic (exact) mass is 230 g/mol. The van der Waals surface area contributed by atoms with Crippen molar-refractivity contribution in [3.63, 3.8) is 0 Å². The van der Waals surface area contributed by atoms with Crippen LogP contribution in [-0.4, -0.2) is 12.7 Å². The van der Waals surface area contributed by atoms with E-state index in [2.05, 4.69) is 44.2 Å². The first-order valence-electron chi connectivity index (χ1n) is 6.86. The molecule has 0 N–H and O–H groups in total. The van der Waals surface area contributed by atoms with Gasteiger partial charge in [0.05, 0.1) is 6.10 Å². The molecule has 2 fully saturated rings. The molecule has 1 aromatic carbocycles. The first kappa shape index (κ1) is 11.3. The fourth-order valence-electron chi connectivity index (χ4n) is 3.70. The molecule has 1 nitrogen and oxygen atoms in total. The van der Waals surface area contributed by atoms with Crippen LogP contribution in [0.4, 0.5) is 0 Å². The Morgan fingerprint density at radius 2 is 2.00 bits per heavy atom. The third kappa shape index (κ3) is 1.91. The molecule has 1 heterocycles. The van der Waals surface area contributed by atoms with Gasteiger partial charge in [-0.05, 0) is 42.1 Å². The van der Waals surface area contributed by atoms with E-state index in [9.17, 15) is 0 Å². The van der Waals surface area contributed by atoms with E-state index >= 15 is 0 Å². The average molecular weight is 230 g/mol. The molecule has 0 bridgehead atoms. The molecule has 0 radical (unpaired) electrons. The number of benzene rings is 1. The highest BCUT2D eigenvalue weighted by Gasteiger charge is 2.44. The van der Waals surface area contributed by atoms with Gasteiger partial charge in [0.2, 0.25) is 0 Å². The van der Waals surface area contributed by atoms with Crippen LogP contribution in [0.25, 0.3) is 0 Å². The smallest absolute Gasteiger partial charge is 0.0615 e. The van der Waals surface area contributed by atoms with Crippen molar-refractivity contribution in [1.29, 1.82) is 0 Å². The van der Waals surface area contributed by atoms with Crippen LogP contribution in [-0.2, 0) is 10.2 Å². The highest BCUT2D eigenvalue weighted by atomic mass is 16.5. The van der Waals surface area contributed by atoms with Crippen LogP contribution in [0.5, 0.6) is 0 Å². The lowest BCUT2D eigenvalue weighted by Gasteiger charge is -2.40. The van der Waals surface area contributed by atoms with Crippen molar-refractivity contribution < 1.29 is 4.74 Å². The molecule has 1 aliphatic heterocycles. The van der Waals surface area contributed by atoms with Crippen LogP contribution < -0.4 is 0 Å².